The van der Waals surface area contributed by atoms with E-state index in [1.165, 1.54) is 135 Å². The molecule has 0 aliphatic carbocycles. The second-order valence-electron chi connectivity index (χ2n) is 15.8. The molecule has 0 aromatic heterocycles. The lowest BCUT2D eigenvalue weighted by molar-refractivity contribution is -0.167. The van der Waals surface area contributed by atoms with Crippen LogP contribution in [0.1, 0.15) is 246 Å². The average molecular weight is 723 g/mol. The molecular weight excluding hydrogens is 636 g/mol. The second kappa shape index (κ2) is 39.6. The van der Waals surface area contributed by atoms with E-state index in [2.05, 4.69) is 27.7 Å². The summed E-state index contributed by atoms with van der Waals surface area (Å²) in [5, 5.41) is 0. The molecule has 0 fully saturated rings. The van der Waals surface area contributed by atoms with Gasteiger partial charge < -0.3 is 14.2 Å². The van der Waals surface area contributed by atoms with Gasteiger partial charge in [0.25, 0.3) is 0 Å². The van der Waals surface area contributed by atoms with Crippen molar-refractivity contribution >= 4 is 17.9 Å². The third-order valence-corrected chi connectivity index (χ3v) is 10.0. The highest BCUT2D eigenvalue weighted by Crippen LogP contribution is 2.16. The van der Waals surface area contributed by atoms with Gasteiger partial charge in [0, 0.05) is 19.3 Å². The molecule has 0 aromatic rings. The van der Waals surface area contributed by atoms with Crippen molar-refractivity contribution in [2.75, 3.05) is 13.2 Å². The van der Waals surface area contributed by atoms with Gasteiger partial charge in [0.2, 0.25) is 0 Å². The Bertz CT molecular complexity index is 766. The van der Waals surface area contributed by atoms with Crippen LogP contribution < -0.4 is 0 Å². The van der Waals surface area contributed by atoms with Gasteiger partial charge in [-0.2, -0.15) is 0 Å². The zero-order valence-electron chi connectivity index (χ0n) is 34.6. The molecule has 0 N–H and O–H groups in total. The van der Waals surface area contributed by atoms with E-state index < -0.39 is 6.10 Å². The standard InChI is InChI=1S/C45H86O6/c1-5-7-9-11-12-13-14-15-16-17-18-19-20-21-22-23-24-29-32-36-43(46)49-39-42(51-45(48)38-34-27-10-8-6-2)40-50-44(47)37-33-30-26-25-28-31-35-41(3)4/h41-42H,5-40H2,1-4H3/t42-/m1/s1. The van der Waals surface area contributed by atoms with Gasteiger partial charge in [0.15, 0.2) is 6.10 Å². The van der Waals surface area contributed by atoms with Crippen molar-refractivity contribution in [2.24, 2.45) is 5.92 Å². The fourth-order valence-electron chi connectivity index (χ4n) is 6.63. The Morgan fingerprint density at radius 3 is 0.961 bits per heavy atom. The van der Waals surface area contributed by atoms with E-state index in [1.807, 2.05) is 0 Å². The molecule has 1 atom stereocenters. The monoisotopic (exact) mass is 723 g/mol. The minimum Gasteiger partial charge on any atom is -0.462 e. The van der Waals surface area contributed by atoms with E-state index in [0.717, 1.165) is 70.1 Å². The molecule has 0 unspecified atom stereocenters. The van der Waals surface area contributed by atoms with Crippen LogP contribution in [0.2, 0.25) is 0 Å². The Morgan fingerprint density at radius 1 is 0.373 bits per heavy atom. The number of unbranched alkanes of at least 4 members (excludes halogenated alkanes) is 27. The van der Waals surface area contributed by atoms with Gasteiger partial charge in [0.05, 0.1) is 0 Å². The van der Waals surface area contributed by atoms with Gasteiger partial charge in [-0.05, 0) is 25.2 Å². The smallest absolute Gasteiger partial charge is 0.306 e. The summed E-state index contributed by atoms with van der Waals surface area (Å²) in [6.45, 7) is 8.84. The van der Waals surface area contributed by atoms with Crippen molar-refractivity contribution in [1.82, 2.24) is 0 Å². The van der Waals surface area contributed by atoms with Crippen LogP contribution in [0.25, 0.3) is 0 Å². The summed E-state index contributed by atoms with van der Waals surface area (Å²) >= 11 is 0. The molecule has 0 amide bonds. The number of carbonyl (C=O) groups is 3. The first-order valence-electron chi connectivity index (χ1n) is 22.4. The fourth-order valence-corrected chi connectivity index (χ4v) is 6.63. The molecule has 51 heavy (non-hydrogen) atoms. The van der Waals surface area contributed by atoms with Gasteiger partial charge in [-0.1, -0.05) is 207 Å². The maximum absolute atomic E-state index is 12.5. The molecule has 6 nitrogen and oxygen atoms in total. The first kappa shape index (κ1) is 49.4. The Labute approximate surface area is 317 Å². The Balaban J connectivity index is 4.05. The quantitative estimate of drug-likeness (QED) is 0.0356. The Morgan fingerprint density at radius 2 is 0.647 bits per heavy atom. The molecule has 0 spiro atoms. The topological polar surface area (TPSA) is 78.9 Å². The molecule has 0 saturated heterocycles. The van der Waals surface area contributed by atoms with Crippen LogP contribution in [0, 0.1) is 5.92 Å². The molecule has 0 heterocycles. The Kier molecular flexibility index (Phi) is 38.4. The predicted octanol–water partition coefficient (Wildman–Crippen LogP) is 13.9. The number of hydrogen-bond acceptors (Lipinski definition) is 6. The van der Waals surface area contributed by atoms with E-state index in [-0.39, 0.29) is 31.1 Å². The average Bonchev–Trinajstić information content (AvgIpc) is 3.11. The Hall–Kier alpha value is -1.59. The van der Waals surface area contributed by atoms with Gasteiger partial charge >= 0.3 is 17.9 Å². The number of ether oxygens (including phenoxy) is 3. The van der Waals surface area contributed by atoms with Crippen LogP contribution in [0.3, 0.4) is 0 Å². The number of carbonyl (C=O) groups excluding carboxylic acids is 3. The third kappa shape index (κ3) is 39.5. The second-order valence-corrected chi connectivity index (χ2v) is 15.8. The maximum Gasteiger partial charge on any atom is 0.306 e. The largest absolute Gasteiger partial charge is 0.462 e. The molecule has 302 valence electrons. The van der Waals surface area contributed by atoms with Crippen LogP contribution >= 0.6 is 0 Å². The van der Waals surface area contributed by atoms with Crippen molar-refractivity contribution in [1.29, 1.82) is 0 Å². The van der Waals surface area contributed by atoms with Crippen molar-refractivity contribution in [3.63, 3.8) is 0 Å². The zero-order valence-corrected chi connectivity index (χ0v) is 34.6. The summed E-state index contributed by atoms with van der Waals surface area (Å²) in [4.78, 5) is 37.3. The SMILES string of the molecule is CCCCCCCCCCCCCCCCCCCCCC(=O)OC[C@H](COC(=O)CCCCCCCCC(C)C)OC(=O)CCCCCCC. The fraction of sp³-hybridized carbons (Fsp3) is 0.933. The van der Waals surface area contributed by atoms with Gasteiger partial charge in [-0.25, -0.2) is 0 Å². The number of esters is 3. The molecule has 0 saturated carbocycles. The highest BCUT2D eigenvalue weighted by Gasteiger charge is 2.19. The first-order chi connectivity index (χ1) is 24.9. The van der Waals surface area contributed by atoms with Crippen LogP contribution in [0.5, 0.6) is 0 Å². The van der Waals surface area contributed by atoms with E-state index in [0.29, 0.717) is 19.3 Å². The van der Waals surface area contributed by atoms with Crippen LogP contribution in [-0.2, 0) is 28.6 Å². The van der Waals surface area contributed by atoms with E-state index in [9.17, 15) is 14.4 Å². The molecule has 0 radical (unpaired) electrons. The predicted molar refractivity (Wildman–Crippen MR) is 215 cm³/mol. The lowest BCUT2D eigenvalue weighted by Gasteiger charge is -2.18. The molecular formula is C45H86O6. The summed E-state index contributed by atoms with van der Waals surface area (Å²) in [6.07, 6.45) is 38.6. The molecule has 0 rings (SSSR count). The van der Waals surface area contributed by atoms with Crippen molar-refractivity contribution < 1.29 is 28.6 Å². The molecule has 6 heteroatoms. The van der Waals surface area contributed by atoms with Gasteiger partial charge in [-0.15, -0.1) is 0 Å². The maximum atomic E-state index is 12.5. The third-order valence-electron chi connectivity index (χ3n) is 10.0. The number of rotatable bonds is 40. The van der Waals surface area contributed by atoms with Gasteiger partial charge in [0.1, 0.15) is 13.2 Å². The van der Waals surface area contributed by atoms with Crippen LogP contribution in [0.15, 0.2) is 0 Å². The minimum absolute atomic E-state index is 0.0663. The first-order valence-corrected chi connectivity index (χ1v) is 22.4. The molecule has 0 aromatic carbocycles. The van der Waals surface area contributed by atoms with Crippen molar-refractivity contribution in [3.8, 4) is 0 Å². The molecule has 0 bridgehead atoms. The van der Waals surface area contributed by atoms with Crippen LogP contribution in [-0.4, -0.2) is 37.2 Å². The van der Waals surface area contributed by atoms with Crippen molar-refractivity contribution in [2.45, 2.75) is 252 Å². The van der Waals surface area contributed by atoms with E-state index >= 15 is 0 Å². The zero-order chi connectivity index (χ0) is 37.5. The van der Waals surface area contributed by atoms with E-state index in [4.69, 9.17) is 14.2 Å². The van der Waals surface area contributed by atoms with Crippen LogP contribution in [0.4, 0.5) is 0 Å². The lowest BCUT2D eigenvalue weighted by Crippen LogP contribution is -2.30. The van der Waals surface area contributed by atoms with Gasteiger partial charge in [-0.3, -0.25) is 14.4 Å². The van der Waals surface area contributed by atoms with E-state index in [1.54, 1.807) is 0 Å². The highest BCUT2D eigenvalue weighted by atomic mass is 16.6. The molecule has 0 aliphatic rings. The summed E-state index contributed by atoms with van der Waals surface area (Å²) in [5.74, 6) is -0.112. The van der Waals surface area contributed by atoms with Crippen molar-refractivity contribution in [3.05, 3.63) is 0 Å². The summed E-state index contributed by atoms with van der Waals surface area (Å²) in [5.41, 5.74) is 0. The summed E-state index contributed by atoms with van der Waals surface area (Å²) in [6, 6.07) is 0. The highest BCUT2D eigenvalue weighted by molar-refractivity contribution is 5.71. The minimum atomic E-state index is -0.757. The molecule has 0 aliphatic heterocycles. The summed E-state index contributed by atoms with van der Waals surface area (Å²) in [7, 11) is 0. The lowest BCUT2D eigenvalue weighted by atomic mass is 10.0. The normalized spacial score (nSPS) is 11.9. The summed E-state index contributed by atoms with van der Waals surface area (Å²) < 4.78 is 16.6. The number of hydrogen-bond donors (Lipinski definition) is 0.